The number of hydrogen-bond acceptors (Lipinski definition) is 5. The highest BCUT2D eigenvalue weighted by Gasteiger charge is 2.23. The van der Waals surface area contributed by atoms with Gasteiger partial charge in [0.15, 0.2) is 0 Å². The van der Waals surface area contributed by atoms with Gasteiger partial charge in [0.1, 0.15) is 11.9 Å². The van der Waals surface area contributed by atoms with E-state index in [2.05, 4.69) is 10.6 Å². The lowest BCUT2D eigenvalue weighted by molar-refractivity contribution is -0.118. The Morgan fingerprint density at radius 3 is 2.65 bits per heavy atom. The predicted molar refractivity (Wildman–Crippen MR) is 124 cm³/mol. The van der Waals surface area contributed by atoms with Crippen LogP contribution in [0.25, 0.3) is 0 Å². The Bertz CT molecular complexity index is 925. The second-order valence-corrected chi connectivity index (χ2v) is 8.44. The average Bonchev–Trinajstić information content (AvgIpc) is 2.77. The van der Waals surface area contributed by atoms with Crippen LogP contribution in [0.4, 0.5) is 15.8 Å². The summed E-state index contributed by atoms with van der Waals surface area (Å²) in [6.07, 6.45) is 2.35. The van der Waals surface area contributed by atoms with Crippen LogP contribution in [-0.4, -0.2) is 56.2 Å². The maximum absolute atomic E-state index is 14.6. The minimum absolute atomic E-state index is 0.298. The second kappa shape index (κ2) is 11.4. The number of rotatable bonds is 8. The number of nitrogens with one attached hydrogen (secondary N) is 2. The summed E-state index contributed by atoms with van der Waals surface area (Å²) in [5.41, 5.74) is 1.11. The van der Waals surface area contributed by atoms with Crippen molar-refractivity contribution in [1.29, 1.82) is 0 Å². The number of anilines is 2. The summed E-state index contributed by atoms with van der Waals surface area (Å²) in [6, 6.07) is 10.5. The lowest BCUT2D eigenvalue weighted by Gasteiger charge is -2.29. The molecule has 2 amide bonds. The molecule has 1 heterocycles. The van der Waals surface area contributed by atoms with Crippen molar-refractivity contribution in [2.24, 2.45) is 0 Å². The van der Waals surface area contributed by atoms with Gasteiger partial charge in [0.05, 0.1) is 29.5 Å². The van der Waals surface area contributed by atoms with Crippen molar-refractivity contribution in [3.05, 3.63) is 58.9 Å². The number of amides is 2. The fraction of sp³-hybridized carbons (Fsp3) is 0.364. The molecule has 2 aromatic rings. The summed E-state index contributed by atoms with van der Waals surface area (Å²) >= 11 is 7.66. The first-order chi connectivity index (χ1) is 15.0. The zero-order valence-corrected chi connectivity index (χ0v) is 18.8. The summed E-state index contributed by atoms with van der Waals surface area (Å²) in [6.45, 7) is 2.35. The predicted octanol–water partition coefficient (Wildman–Crippen LogP) is 3.81. The molecular formula is C22H25ClFN3O3S. The van der Waals surface area contributed by atoms with Gasteiger partial charge in [-0.15, -0.1) is 0 Å². The molecule has 0 spiro atoms. The Morgan fingerprint density at radius 1 is 1.23 bits per heavy atom. The summed E-state index contributed by atoms with van der Waals surface area (Å²) in [5, 5.41) is 5.77. The average molecular weight is 466 g/mol. The summed E-state index contributed by atoms with van der Waals surface area (Å²) in [4.78, 5) is 27.4. The molecule has 1 aliphatic heterocycles. The van der Waals surface area contributed by atoms with E-state index in [-0.39, 0.29) is 0 Å². The third-order valence-corrected chi connectivity index (χ3v) is 5.89. The number of halogens is 2. The maximum atomic E-state index is 14.6. The zero-order valence-electron chi connectivity index (χ0n) is 17.2. The Labute approximate surface area is 190 Å². The lowest BCUT2D eigenvalue weighted by atomic mass is 10.1. The van der Waals surface area contributed by atoms with Crippen molar-refractivity contribution in [2.45, 2.75) is 12.5 Å². The van der Waals surface area contributed by atoms with Gasteiger partial charge in [-0.05, 0) is 48.8 Å². The smallest absolute Gasteiger partial charge is 0.253 e. The molecule has 0 bridgehead atoms. The molecule has 2 N–H and O–H groups in total. The molecule has 3 rings (SSSR count). The van der Waals surface area contributed by atoms with E-state index < -0.39 is 23.7 Å². The standard InChI is InChI=1S/C22H25ClFN3O3S/c1-31-13-8-19(26-21(28)16-4-2-3-5-17(16)23)22(29)25-15-6-7-20(18(24)14-15)27-9-11-30-12-10-27/h2-7,14,19H,8-13H2,1H3,(H,25,29)(H,26,28). The monoisotopic (exact) mass is 465 g/mol. The molecule has 1 atom stereocenters. The van der Waals surface area contributed by atoms with Gasteiger partial charge in [0.2, 0.25) is 5.91 Å². The van der Waals surface area contributed by atoms with Crippen LogP contribution in [0.3, 0.4) is 0 Å². The summed E-state index contributed by atoms with van der Waals surface area (Å²) in [7, 11) is 0. The van der Waals surface area contributed by atoms with E-state index in [4.69, 9.17) is 16.3 Å². The van der Waals surface area contributed by atoms with E-state index in [1.54, 1.807) is 48.2 Å². The van der Waals surface area contributed by atoms with Crippen LogP contribution >= 0.6 is 23.4 Å². The molecule has 1 unspecified atom stereocenters. The van der Waals surface area contributed by atoms with Gasteiger partial charge in [-0.1, -0.05) is 23.7 Å². The number of nitrogens with zero attached hydrogens (tertiary/aromatic N) is 1. The van der Waals surface area contributed by atoms with Crippen molar-refractivity contribution in [3.8, 4) is 0 Å². The van der Waals surface area contributed by atoms with E-state index in [0.29, 0.717) is 60.4 Å². The van der Waals surface area contributed by atoms with Crippen LogP contribution < -0.4 is 15.5 Å². The van der Waals surface area contributed by atoms with Gasteiger partial charge < -0.3 is 20.3 Å². The summed E-state index contributed by atoms with van der Waals surface area (Å²) in [5.74, 6) is -0.584. The van der Waals surface area contributed by atoms with Crippen molar-refractivity contribution >= 4 is 46.6 Å². The highest BCUT2D eigenvalue weighted by molar-refractivity contribution is 7.98. The number of benzene rings is 2. The molecule has 0 aromatic heterocycles. The van der Waals surface area contributed by atoms with Crippen LogP contribution in [0.1, 0.15) is 16.8 Å². The van der Waals surface area contributed by atoms with E-state index in [9.17, 15) is 14.0 Å². The highest BCUT2D eigenvalue weighted by Crippen LogP contribution is 2.24. The van der Waals surface area contributed by atoms with Crippen LogP contribution in [0, 0.1) is 5.82 Å². The number of hydrogen-bond donors (Lipinski definition) is 2. The van der Waals surface area contributed by atoms with Gasteiger partial charge in [-0.3, -0.25) is 9.59 Å². The largest absolute Gasteiger partial charge is 0.378 e. The molecule has 2 aromatic carbocycles. The molecule has 6 nitrogen and oxygen atoms in total. The third kappa shape index (κ3) is 6.35. The van der Waals surface area contributed by atoms with Crippen LogP contribution in [0.5, 0.6) is 0 Å². The molecule has 166 valence electrons. The number of thioether (sulfide) groups is 1. The topological polar surface area (TPSA) is 70.7 Å². The first-order valence-electron chi connectivity index (χ1n) is 9.97. The molecule has 0 aliphatic carbocycles. The molecule has 9 heteroatoms. The second-order valence-electron chi connectivity index (χ2n) is 7.04. The number of carbonyl (C=O) groups excluding carboxylic acids is 2. The zero-order chi connectivity index (χ0) is 22.2. The van der Waals surface area contributed by atoms with Crippen LogP contribution in [-0.2, 0) is 9.53 Å². The Hall–Kier alpha value is -2.29. The summed E-state index contributed by atoms with van der Waals surface area (Å²) < 4.78 is 19.9. The highest BCUT2D eigenvalue weighted by atomic mass is 35.5. The molecule has 31 heavy (non-hydrogen) atoms. The van der Waals surface area contributed by atoms with Crippen molar-refractivity contribution in [1.82, 2.24) is 5.32 Å². The molecule has 0 saturated carbocycles. The van der Waals surface area contributed by atoms with Crippen molar-refractivity contribution in [3.63, 3.8) is 0 Å². The fourth-order valence-corrected chi connectivity index (χ4v) is 3.95. The van der Waals surface area contributed by atoms with E-state index in [0.717, 1.165) is 0 Å². The van der Waals surface area contributed by atoms with Gasteiger partial charge in [-0.25, -0.2) is 4.39 Å². The van der Waals surface area contributed by atoms with Crippen molar-refractivity contribution in [2.75, 3.05) is 48.5 Å². The normalized spacial score (nSPS) is 14.7. The molecular weight excluding hydrogens is 441 g/mol. The van der Waals surface area contributed by atoms with Gasteiger partial charge in [0.25, 0.3) is 5.91 Å². The Morgan fingerprint density at radius 2 is 1.97 bits per heavy atom. The number of carbonyl (C=O) groups is 2. The molecule has 1 aliphatic rings. The molecule has 1 fully saturated rings. The quantitative estimate of drug-likeness (QED) is 0.620. The first-order valence-corrected chi connectivity index (χ1v) is 11.7. The van der Waals surface area contributed by atoms with E-state index >= 15 is 0 Å². The number of morpholine rings is 1. The third-order valence-electron chi connectivity index (χ3n) is 4.92. The van der Waals surface area contributed by atoms with E-state index in [1.165, 1.54) is 6.07 Å². The van der Waals surface area contributed by atoms with Gasteiger partial charge in [-0.2, -0.15) is 11.8 Å². The fourth-order valence-electron chi connectivity index (χ4n) is 3.26. The Balaban J connectivity index is 1.69. The van der Waals surface area contributed by atoms with Gasteiger partial charge in [0, 0.05) is 18.8 Å². The molecule has 1 saturated heterocycles. The maximum Gasteiger partial charge on any atom is 0.253 e. The minimum atomic E-state index is -0.779. The van der Waals surface area contributed by atoms with Gasteiger partial charge >= 0.3 is 0 Å². The van der Waals surface area contributed by atoms with E-state index in [1.807, 2.05) is 11.2 Å². The Kier molecular flexibility index (Phi) is 8.57. The number of ether oxygens (including phenoxy) is 1. The SMILES string of the molecule is CSCCC(NC(=O)c1ccccc1Cl)C(=O)Nc1ccc(N2CCOCC2)c(F)c1. The van der Waals surface area contributed by atoms with Crippen LogP contribution in [0.2, 0.25) is 5.02 Å². The first kappa shape index (κ1) is 23.4. The minimum Gasteiger partial charge on any atom is -0.378 e. The molecule has 0 radical (unpaired) electrons. The lowest BCUT2D eigenvalue weighted by Crippen LogP contribution is -2.44. The van der Waals surface area contributed by atoms with Crippen LogP contribution in [0.15, 0.2) is 42.5 Å². The van der Waals surface area contributed by atoms with Crippen molar-refractivity contribution < 1.29 is 18.7 Å².